The van der Waals surface area contributed by atoms with Crippen LogP contribution in [0, 0.1) is 11.7 Å². The summed E-state index contributed by atoms with van der Waals surface area (Å²) in [6.07, 6.45) is 6.83. The van der Waals surface area contributed by atoms with Crippen LogP contribution in [0.15, 0.2) is 42.7 Å². The highest BCUT2D eigenvalue weighted by atomic mass is 19.1. The van der Waals surface area contributed by atoms with Gasteiger partial charge in [-0.05, 0) is 48.6 Å². The second kappa shape index (κ2) is 8.78. The van der Waals surface area contributed by atoms with Crippen molar-refractivity contribution in [1.82, 2.24) is 15.6 Å². The fourth-order valence-electron chi connectivity index (χ4n) is 4.10. The maximum absolute atomic E-state index is 14.4. The second-order valence-corrected chi connectivity index (χ2v) is 7.27. The van der Waals surface area contributed by atoms with E-state index in [4.69, 9.17) is 9.47 Å². The Morgan fingerprint density at radius 3 is 3.04 bits per heavy atom. The number of rotatable bonds is 6. The van der Waals surface area contributed by atoms with Gasteiger partial charge in [-0.1, -0.05) is 12.5 Å². The Balaban J connectivity index is 1.34. The van der Waals surface area contributed by atoms with Crippen LogP contribution in [0.1, 0.15) is 24.8 Å². The van der Waals surface area contributed by atoms with Gasteiger partial charge in [0.05, 0.1) is 19.4 Å². The minimum absolute atomic E-state index is 0.217. The molecule has 2 aliphatic rings. The van der Waals surface area contributed by atoms with E-state index in [1.807, 2.05) is 6.07 Å². The molecule has 1 aliphatic heterocycles. The van der Waals surface area contributed by atoms with Crippen LogP contribution in [-0.2, 0) is 11.3 Å². The van der Waals surface area contributed by atoms with Gasteiger partial charge in [0.15, 0.2) is 11.6 Å². The van der Waals surface area contributed by atoms with Gasteiger partial charge in [0.2, 0.25) is 0 Å². The molecule has 0 spiro atoms. The van der Waals surface area contributed by atoms with Crippen LogP contribution >= 0.6 is 0 Å². The van der Waals surface area contributed by atoms with E-state index in [0.717, 1.165) is 31.7 Å². The number of nitrogens with zero attached hydrogens (tertiary/aromatic N) is 1. The number of nitrogens with one attached hydrogen (secondary N) is 2. The zero-order chi connectivity index (χ0) is 18.5. The predicted octanol–water partition coefficient (Wildman–Crippen LogP) is 3.26. The van der Waals surface area contributed by atoms with Gasteiger partial charge in [0.1, 0.15) is 5.75 Å². The molecule has 4 rings (SSSR count). The first kappa shape index (κ1) is 18.3. The smallest absolute Gasteiger partial charge is 0.166 e. The summed E-state index contributed by atoms with van der Waals surface area (Å²) in [5.41, 5.74) is 0.921. The van der Waals surface area contributed by atoms with E-state index in [1.54, 1.807) is 36.7 Å². The van der Waals surface area contributed by atoms with E-state index in [-0.39, 0.29) is 11.6 Å². The molecule has 5 nitrogen and oxygen atoms in total. The molecule has 6 heteroatoms. The van der Waals surface area contributed by atoms with E-state index < -0.39 is 0 Å². The first-order valence-electron chi connectivity index (χ1n) is 9.70. The molecule has 1 aromatic carbocycles. The van der Waals surface area contributed by atoms with E-state index in [1.165, 1.54) is 12.8 Å². The molecule has 0 amide bonds. The number of hydrogen-bond acceptors (Lipinski definition) is 5. The van der Waals surface area contributed by atoms with Gasteiger partial charge in [-0.15, -0.1) is 0 Å². The fraction of sp³-hybridized carbons (Fsp3) is 0.476. The van der Waals surface area contributed by atoms with Crippen LogP contribution in [0.2, 0.25) is 0 Å². The quantitative estimate of drug-likeness (QED) is 0.816. The van der Waals surface area contributed by atoms with Gasteiger partial charge in [-0.3, -0.25) is 4.98 Å². The van der Waals surface area contributed by atoms with Crippen molar-refractivity contribution in [2.45, 2.75) is 37.9 Å². The van der Waals surface area contributed by atoms with Crippen molar-refractivity contribution in [2.24, 2.45) is 5.92 Å². The van der Waals surface area contributed by atoms with Crippen molar-refractivity contribution in [3.8, 4) is 11.5 Å². The molecule has 2 aromatic rings. The molecule has 1 aromatic heterocycles. The molecular formula is C21H26FN3O2. The van der Waals surface area contributed by atoms with Gasteiger partial charge in [0.25, 0.3) is 0 Å². The van der Waals surface area contributed by atoms with Crippen molar-refractivity contribution in [3.63, 3.8) is 0 Å². The highest BCUT2D eigenvalue weighted by Crippen LogP contribution is 2.30. The van der Waals surface area contributed by atoms with Gasteiger partial charge < -0.3 is 20.1 Å². The molecule has 0 bridgehead atoms. The maximum atomic E-state index is 14.4. The molecule has 0 radical (unpaired) electrons. The number of ether oxygens (including phenoxy) is 2. The number of halogens is 1. The van der Waals surface area contributed by atoms with Crippen LogP contribution in [0.25, 0.3) is 0 Å². The Labute approximate surface area is 159 Å². The highest BCUT2D eigenvalue weighted by Gasteiger charge is 2.34. The Morgan fingerprint density at radius 2 is 2.26 bits per heavy atom. The van der Waals surface area contributed by atoms with E-state index >= 15 is 0 Å². The Kier molecular flexibility index (Phi) is 5.97. The number of hydrogen-bond donors (Lipinski definition) is 2. The van der Waals surface area contributed by atoms with E-state index in [9.17, 15) is 4.39 Å². The summed E-state index contributed by atoms with van der Waals surface area (Å²) in [7, 11) is 0. The molecule has 144 valence electrons. The molecule has 27 heavy (non-hydrogen) atoms. The minimum Gasteiger partial charge on any atom is -0.453 e. The summed E-state index contributed by atoms with van der Waals surface area (Å²) in [5, 5.41) is 7.21. The van der Waals surface area contributed by atoms with Gasteiger partial charge in [-0.2, -0.15) is 0 Å². The fourth-order valence-corrected chi connectivity index (χ4v) is 4.10. The first-order chi connectivity index (χ1) is 13.3. The lowest BCUT2D eigenvalue weighted by Crippen LogP contribution is -2.50. The van der Waals surface area contributed by atoms with Gasteiger partial charge in [0, 0.05) is 31.4 Å². The summed E-state index contributed by atoms with van der Waals surface area (Å²) in [4.78, 5) is 3.98. The van der Waals surface area contributed by atoms with Crippen LogP contribution in [0.4, 0.5) is 4.39 Å². The van der Waals surface area contributed by atoms with Crippen molar-refractivity contribution in [2.75, 3.05) is 19.8 Å². The average molecular weight is 371 g/mol. The summed E-state index contributed by atoms with van der Waals surface area (Å²) >= 11 is 0. The van der Waals surface area contributed by atoms with Crippen LogP contribution < -0.4 is 15.4 Å². The largest absolute Gasteiger partial charge is 0.453 e. The van der Waals surface area contributed by atoms with Crippen molar-refractivity contribution < 1.29 is 13.9 Å². The van der Waals surface area contributed by atoms with Crippen LogP contribution in [-0.4, -0.2) is 36.8 Å². The molecular weight excluding hydrogens is 345 g/mol. The SMILES string of the molecule is Fc1cc(CNC2CCCC2C2COCCN2)ccc1Oc1cccnc1. The summed E-state index contributed by atoms with van der Waals surface area (Å²) < 4.78 is 25.6. The lowest BCUT2D eigenvalue weighted by atomic mass is 9.94. The van der Waals surface area contributed by atoms with Gasteiger partial charge >= 0.3 is 0 Å². The third-order valence-electron chi connectivity index (χ3n) is 5.46. The Bertz CT molecular complexity index is 737. The molecule has 2 fully saturated rings. The van der Waals surface area contributed by atoms with E-state index in [2.05, 4.69) is 15.6 Å². The second-order valence-electron chi connectivity index (χ2n) is 7.27. The molecule has 2 heterocycles. The molecule has 1 saturated heterocycles. The molecule has 1 aliphatic carbocycles. The highest BCUT2D eigenvalue weighted by molar-refractivity contribution is 5.33. The zero-order valence-electron chi connectivity index (χ0n) is 15.4. The Morgan fingerprint density at radius 1 is 1.30 bits per heavy atom. The monoisotopic (exact) mass is 371 g/mol. The number of morpholine rings is 1. The third kappa shape index (κ3) is 4.64. The summed E-state index contributed by atoms with van der Waals surface area (Å²) in [6, 6.07) is 9.52. The number of pyridine rings is 1. The average Bonchev–Trinajstić information content (AvgIpc) is 3.18. The van der Waals surface area contributed by atoms with Crippen molar-refractivity contribution >= 4 is 0 Å². The molecule has 3 unspecified atom stereocenters. The lowest BCUT2D eigenvalue weighted by Gasteiger charge is -2.33. The third-order valence-corrected chi connectivity index (χ3v) is 5.46. The molecule has 2 N–H and O–H groups in total. The number of benzene rings is 1. The zero-order valence-corrected chi connectivity index (χ0v) is 15.4. The minimum atomic E-state index is -0.358. The molecule has 1 saturated carbocycles. The molecule has 3 atom stereocenters. The lowest BCUT2D eigenvalue weighted by molar-refractivity contribution is 0.0524. The number of aromatic nitrogens is 1. The normalized spacial score (nSPS) is 25.4. The summed E-state index contributed by atoms with van der Waals surface area (Å²) in [5.74, 6) is 0.958. The van der Waals surface area contributed by atoms with Crippen LogP contribution in [0.3, 0.4) is 0 Å². The predicted molar refractivity (Wildman–Crippen MR) is 101 cm³/mol. The summed E-state index contributed by atoms with van der Waals surface area (Å²) in [6.45, 7) is 3.17. The van der Waals surface area contributed by atoms with Crippen LogP contribution in [0.5, 0.6) is 11.5 Å². The maximum Gasteiger partial charge on any atom is 0.166 e. The topological polar surface area (TPSA) is 55.4 Å². The first-order valence-corrected chi connectivity index (χ1v) is 9.70. The Hall–Kier alpha value is -2.02. The van der Waals surface area contributed by atoms with Gasteiger partial charge in [-0.25, -0.2) is 4.39 Å². The van der Waals surface area contributed by atoms with E-state index in [0.29, 0.717) is 30.3 Å². The standard InChI is InChI=1S/C21H26FN3O2/c22-18-11-15(6-7-21(18)27-16-3-2-8-23-13-16)12-25-19-5-1-4-17(19)20-14-26-10-9-24-20/h2-3,6-8,11,13,17,19-20,24-25H,1,4-5,9-10,12,14H2. The van der Waals surface area contributed by atoms with Crippen molar-refractivity contribution in [3.05, 3.63) is 54.1 Å². The van der Waals surface area contributed by atoms with Crippen molar-refractivity contribution in [1.29, 1.82) is 0 Å².